The van der Waals surface area contributed by atoms with Crippen molar-refractivity contribution in [3.05, 3.63) is 70.8 Å². The quantitative estimate of drug-likeness (QED) is 0.183. The highest BCUT2D eigenvalue weighted by Gasteiger charge is 2.44. The zero-order valence-electron chi connectivity index (χ0n) is 28.1. The van der Waals surface area contributed by atoms with Crippen LogP contribution in [0.4, 0.5) is 5.69 Å². The number of nitrogens with zero attached hydrogens (tertiary/aromatic N) is 2. The van der Waals surface area contributed by atoms with E-state index in [1.54, 1.807) is 20.1 Å². The molecular formula is C38H47ClN2O5S. The summed E-state index contributed by atoms with van der Waals surface area (Å²) in [6.45, 7) is 11.1. The Hall–Kier alpha value is -3.12. The molecule has 0 N–H and O–H groups in total. The third-order valence-corrected chi connectivity index (χ3v) is 12.7. The van der Waals surface area contributed by atoms with Crippen molar-refractivity contribution >= 4 is 38.7 Å². The number of ether oxygens (including phenoxy) is 2. The van der Waals surface area contributed by atoms with Crippen LogP contribution < -0.4 is 9.64 Å². The number of anilines is 1. The molecule has 0 unspecified atom stereocenters. The minimum atomic E-state index is -3.12. The maximum absolute atomic E-state index is 13.9. The number of ketones is 1. The number of hydrogen-bond donors (Lipinski definition) is 0. The molecule has 1 fully saturated rings. The lowest BCUT2D eigenvalue weighted by Gasteiger charge is -2.46. The van der Waals surface area contributed by atoms with Gasteiger partial charge in [0.25, 0.3) is 5.91 Å². The van der Waals surface area contributed by atoms with Crippen LogP contribution in [0.5, 0.6) is 5.75 Å². The van der Waals surface area contributed by atoms with Crippen LogP contribution in [0, 0.1) is 29.6 Å². The van der Waals surface area contributed by atoms with Crippen LogP contribution in [0.25, 0.3) is 0 Å². The van der Waals surface area contributed by atoms with Gasteiger partial charge in [0, 0.05) is 48.4 Å². The third-order valence-electron chi connectivity index (χ3n) is 9.99. The van der Waals surface area contributed by atoms with Crippen molar-refractivity contribution in [2.45, 2.75) is 70.8 Å². The molecule has 7 nitrogen and oxygen atoms in total. The zero-order chi connectivity index (χ0) is 33.8. The minimum Gasteiger partial charge on any atom is -0.490 e. The molecule has 2 aromatic carbocycles. The van der Waals surface area contributed by atoms with Crippen LogP contribution >= 0.6 is 11.6 Å². The first-order chi connectivity index (χ1) is 22.5. The Bertz CT molecular complexity index is 1700. The van der Waals surface area contributed by atoms with Gasteiger partial charge in [-0.3, -0.25) is 9.59 Å². The SMILES string of the molecule is C=C[C@H](OC)[C@@H]1CC[C@H]1CN1C[C@@]2(CCCc3cc(Cl)ccc32)COc2ccc(C(=O)N=[S@](=O)(CC(C)=O)C[C@@H](C)CC#CC)cc21. The number of aryl methyl sites for hydroxylation is 1. The monoisotopic (exact) mass is 678 g/mol. The van der Waals surface area contributed by atoms with Crippen LogP contribution in [0.15, 0.2) is 53.4 Å². The van der Waals surface area contributed by atoms with Crippen molar-refractivity contribution in [3.8, 4) is 17.6 Å². The van der Waals surface area contributed by atoms with E-state index in [1.807, 2.05) is 31.2 Å². The highest BCUT2D eigenvalue weighted by atomic mass is 35.5. The summed E-state index contributed by atoms with van der Waals surface area (Å²) >= 11 is 6.43. The number of rotatable bonds is 11. The molecule has 0 aromatic heterocycles. The number of halogens is 1. The zero-order valence-corrected chi connectivity index (χ0v) is 29.6. The molecule has 1 saturated carbocycles. The van der Waals surface area contributed by atoms with E-state index in [1.165, 1.54) is 18.1 Å². The Kier molecular flexibility index (Phi) is 11.2. The number of carbonyl (C=O) groups excluding carboxylic acids is 2. The smallest absolute Gasteiger partial charge is 0.285 e. The Balaban J connectivity index is 1.53. The molecular weight excluding hydrogens is 632 g/mol. The molecule has 1 heterocycles. The van der Waals surface area contributed by atoms with Crippen molar-refractivity contribution in [2.75, 3.05) is 43.2 Å². The van der Waals surface area contributed by atoms with Gasteiger partial charge < -0.3 is 14.4 Å². The largest absolute Gasteiger partial charge is 0.490 e. The standard InChI is InChI=1S/C38H47ClN2O5S/c1-6-8-10-26(3)22-47(44,23-27(4)42)40-37(43)29-13-17-36-34(20-29)41(21-30-12-15-32(30)35(7-2)45-5)24-38(25-46-36)18-9-11-28-19-31(39)14-16-33(28)38/h7,13-14,16-17,19-20,26,30,32,35H,2,9-12,15,18,21-25H2,1,3-5H3/t26-,30-,32+,35-,38-,47+/m0/s1. The summed E-state index contributed by atoms with van der Waals surface area (Å²) in [6, 6.07) is 11.6. The van der Waals surface area contributed by atoms with Gasteiger partial charge in [0.2, 0.25) is 0 Å². The van der Waals surface area contributed by atoms with E-state index in [-0.39, 0.29) is 34.7 Å². The van der Waals surface area contributed by atoms with E-state index < -0.39 is 15.6 Å². The molecule has 0 radical (unpaired) electrons. The molecule has 0 saturated heterocycles. The van der Waals surface area contributed by atoms with E-state index in [2.05, 4.69) is 39.8 Å². The number of carbonyl (C=O) groups is 2. The number of amides is 1. The second-order valence-electron chi connectivity index (χ2n) is 13.6. The highest BCUT2D eigenvalue weighted by Crippen LogP contribution is 2.47. The normalized spacial score (nSPS) is 24.1. The fourth-order valence-corrected chi connectivity index (χ4v) is 10.2. The van der Waals surface area contributed by atoms with E-state index in [0.29, 0.717) is 36.2 Å². The second kappa shape index (κ2) is 15.0. The fraction of sp³-hybridized carbons (Fsp3) is 0.526. The van der Waals surface area contributed by atoms with Gasteiger partial charge in [-0.1, -0.05) is 30.7 Å². The summed E-state index contributed by atoms with van der Waals surface area (Å²) < 4.78 is 30.6. The lowest BCUT2D eigenvalue weighted by atomic mass is 9.68. The molecule has 3 aliphatic rings. The molecule has 6 atom stereocenters. The van der Waals surface area contributed by atoms with Gasteiger partial charge in [-0.15, -0.1) is 18.4 Å². The Labute approximate surface area is 285 Å². The lowest BCUT2D eigenvalue weighted by molar-refractivity contribution is -0.114. The van der Waals surface area contributed by atoms with Crippen LogP contribution in [-0.4, -0.2) is 60.3 Å². The summed E-state index contributed by atoms with van der Waals surface area (Å²) in [4.78, 5) is 28.2. The molecule has 2 aliphatic carbocycles. The van der Waals surface area contributed by atoms with Crippen molar-refractivity contribution in [2.24, 2.45) is 22.1 Å². The first-order valence-corrected chi connectivity index (χ1v) is 18.8. The van der Waals surface area contributed by atoms with Crippen molar-refractivity contribution in [1.29, 1.82) is 0 Å². The number of fused-ring (bicyclic) bond motifs is 3. The van der Waals surface area contributed by atoms with E-state index >= 15 is 0 Å². The Morgan fingerprint density at radius 3 is 2.77 bits per heavy atom. The van der Waals surface area contributed by atoms with Crippen LogP contribution in [0.1, 0.15) is 74.4 Å². The predicted octanol–water partition coefficient (Wildman–Crippen LogP) is 7.29. The number of Topliss-reactive ketones (excluding diaryl/α,β-unsaturated/α-hetero) is 1. The maximum atomic E-state index is 13.9. The number of hydrogen-bond acceptors (Lipinski definition) is 6. The molecule has 9 heteroatoms. The molecule has 0 bridgehead atoms. The van der Waals surface area contributed by atoms with E-state index in [4.69, 9.17) is 21.1 Å². The molecule has 47 heavy (non-hydrogen) atoms. The summed E-state index contributed by atoms with van der Waals surface area (Å²) in [6.07, 6.45) is 7.53. The summed E-state index contributed by atoms with van der Waals surface area (Å²) in [5.74, 6) is 6.24. The number of methoxy groups -OCH3 is 1. The highest BCUT2D eigenvalue weighted by molar-refractivity contribution is 7.94. The van der Waals surface area contributed by atoms with Gasteiger partial charge in [-0.05, 0) is 105 Å². The van der Waals surface area contributed by atoms with Crippen LogP contribution in [0.2, 0.25) is 5.02 Å². The molecule has 1 amide bonds. The van der Waals surface area contributed by atoms with E-state index in [9.17, 15) is 13.8 Å². The van der Waals surface area contributed by atoms with Gasteiger partial charge in [-0.25, -0.2) is 4.21 Å². The lowest BCUT2D eigenvalue weighted by Crippen LogP contribution is -2.49. The maximum Gasteiger partial charge on any atom is 0.285 e. The van der Waals surface area contributed by atoms with Crippen molar-refractivity contribution in [3.63, 3.8) is 0 Å². The van der Waals surface area contributed by atoms with Gasteiger partial charge in [0.1, 0.15) is 11.5 Å². The van der Waals surface area contributed by atoms with Crippen molar-refractivity contribution < 1.29 is 23.3 Å². The van der Waals surface area contributed by atoms with Gasteiger partial charge in [-0.2, -0.15) is 4.36 Å². The van der Waals surface area contributed by atoms with Crippen LogP contribution in [0.3, 0.4) is 0 Å². The molecule has 1 spiro atoms. The molecule has 2 aromatic rings. The predicted molar refractivity (Wildman–Crippen MR) is 190 cm³/mol. The summed E-state index contributed by atoms with van der Waals surface area (Å²) in [7, 11) is -1.39. The van der Waals surface area contributed by atoms with Gasteiger partial charge in [0.15, 0.2) is 0 Å². The van der Waals surface area contributed by atoms with Crippen LogP contribution in [-0.2, 0) is 31.1 Å². The average Bonchev–Trinajstić information content (AvgIpc) is 3.16. The number of benzene rings is 2. The first kappa shape index (κ1) is 35.2. The third kappa shape index (κ3) is 7.96. The Morgan fingerprint density at radius 2 is 2.09 bits per heavy atom. The first-order valence-electron chi connectivity index (χ1n) is 16.6. The fourth-order valence-electron chi connectivity index (χ4n) is 7.66. The minimum absolute atomic E-state index is 0.0187. The average molecular weight is 679 g/mol. The molecule has 252 valence electrons. The van der Waals surface area contributed by atoms with Crippen molar-refractivity contribution in [1.82, 2.24) is 0 Å². The summed E-state index contributed by atoms with van der Waals surface area (Å²) in [5.41, 5.74) is 3.44. The topological polar surface area (TPSA) is 85.3 Å². The second-order valence-corrected chi connectivity index (χ2v) is 16.4. The molecule has 5 rings (SSSR count). The van der Waals surface area contributed by atoms with Gasteiger partial charge >= 0.3 is 0 Å². The summed E-state index contributed by atoms with van der Waals surface area (Å²) in [5, 5.41) is 0.740. The molecule has 1 aliphatic heterocycles. The van der Waals surface area contributed by atoms with E-state index in [0.717, 1.165) is 55.9 Å². The Morgan fingerprint density at radius 1 is 1.28 bits per heavy atom. The van der Waals surface area contributed by atoms with Gasteiger partial charge in [0.05, 0.1) is 33.9 Å².